The third kappa shape index (κ3) is 1.99. The van der Waals surface area contributed by atoms with Crippen LogP contribution in [0.25, 0.3) is 0 Å². The number of carbonyl (C=O) groups excluding carboxylic acids is 1. The lowest BCUT2D eigenvalue weighted by atomic mass is 10.6. The smallest absolute Gasteiger partial charge is 0.395 e. The van der Waals surface area contributed by atoms with Gasteiger partial charge in [-0.05, 0) is 0 Å². The predicted octanol–water partition coefficient (Wildman–Crippen LogP) is 1.21. The van der Waals surface area contributed by atoms with E-state index in [4.69, 9.17) is 11.6 Å². The van der Waals surface area contributed by atoms with E-state index < -0.39 is 5.43 Å². The number of aromatic nitrogens is 2. The molecular formula is C5H3ClN2O2. The van der Waals surface area contributed by atoms with E-state index in [9.17, 15) is 4.79 Å². The van der Waals surface area contributed by atoms with E-state index in [-0.39, 0.29) is 5.88 Å². The van der Waals surface area contributed by atoms with Crippen molar-refractivity contribution in [3.8, 4) is 5.88 Å². The minimum absolute atomic E-state index is 0.148. The molecule has 0 aliphatic heterocycles. The van der Waals surface area contributed by atoms with Gasteiger partial charge < -0.3 is 4.74 Å². The van der Waals surface area contributed by atoms with Gasteiger partial charge in [-0.1, -0.05) is 0 Å². The van der Waals surface area contributed by atoms with Gasteiger partial charge in [-0.15, -0.1) is 0 Å². The van der Waals surface area contributed by atoms with Gasteiger partial charge in [0.25, 0.3) is 0 Å². The third-order valence-corrected chi connectivity index (χ3v) is 0.817. The average molecular weight is 159 g/mol. The lowest BCUT2D eigenvalue weighted by Gasteiger charge is -1.93. The van der Waals surface area contributed by atoms with Crippen LogP contribution in [-0.2, 0) is 0 Å². The summed E-state index contributed by atoms with van der Waals surface area (Å²) in [7, 11) is 0. The highest BCUT2D eigenvalue weighted by Crippen LogP contribution is 2.02. The van der Waals surface area contributed by atoms with Crippen molar-refractivity contribution < 1.29 is 9.53 Å². The minimum Gasteiger partial charge on any atom is -0.395 e. The number of hydrogen-bond acceptors (Lipinski definition) is 4. The topological polar surface area (TPSA) is 52.1 Å². The monoisotopic (exact) mass is 158 g/mol. The predicted molar refractivity (Wildman–Crippen MR) is 33.9 cm³/mol. The molecule has 0 unspecified atom stereocenters. The maximum absolute atomic E-state index is 10.1. The van der Waals surface area contributed by atoms with E-state index in [1.807, 2.05) is 0 Å². The first-order chi connectivity index (χ1) is 4.79. The molecule has 1 aromatic rings. The van der Waals surface area contributed by atoms with Gasteiger partial charge in [0.1, 0.15) is 6.33 Å². The molecule has 0 atom stereocenters. The number of hydrogen-bond donors (Lipinski definition) is 0. The number of ether oxygens (including phenoxy) is 1. The van der Waals surface area contributed by atoms with Crippen molar-refractivity contribution in [2.45, 2.75) is 0 Å². The lowest BCUT2D eigenvalue weighted by molar-refractivity contribution is 0.224. The van der Waals surface area contributed by atoms with Crippen LogP contribution < -0.4 is 4.74 Å². The minimum atomic E-state index is -0.904. The fraction of sp³-hybridized carbons (Fsp3) is 0. The Balaban J connectivity index is 2.67. The molecule has 0 fully saturated rings. The summed E-state index contributed by atoms with van der Waals surface area (Å²) in [6.07, 6.45) is 2.71. The van der Waals surface area contributed by atoms with Crippen LogP contribution in [0.4, 0.5) is 4.79 Å². The Hall–Kier alpha value is -1.16. The zero-order chi connectivity index (χ0) is 7.40. The van der Waals surface area contributed by atoms with Gasteiger partial charge in [-0.25, -0.2) is 14.8 Å². The maximum Gasteiger partial charge on any atom is 0.410 e. The zero-order valence-electron chi connectivity index (χ0n) is 4.82. The van der Waals surface area contributed by atoms with Crippen molar-refractivity contribution in [2.75, 3.05) is 0 Å². The highest BCUT2D eigenvalue weighted by atomic mass is 35.5. The third-order valence-electron chi connectivity index (χ3n) is 0.740. The molecule has 10 heavy (non-hydrogen) atoms. The maximum atomic E-state index is 10.1. The van der Waals surface area contributed by atoms with Gasteiger partial charge in [-0.2, -0.15) is 0 Å². The first kappa shape index (κ1) is 6.95. The molecule has 0 amide bonds. The van der Waals surface area contributed by atoms with E-state index in [1.165, 1.54) is 18.6 Å². The zero-order valence-corrected chi connectivity index (χ0v) is 5.58. The second-order valence-electron chi connectivity index (χ2n) is 1.39. The van der Waals surface area contributed by atoms with Gasteiger partial charge in [0, 0.05) is 23.9 Å². The summed E-state index contributed by atoms with van der Waals surface area (Å²) in [4.78, 5) is 17.3. The van der Waals surface area contributed by atoms with Crippen molar-refractivity contribution in [2.24, 2.45) is 0 Å². The van der Waals surface area contributed by atoms with Gasteiger partial charge >= 0.3 is 5.43 Å². The van der Waals surface area contributed by atoms with Crippen LogP contribution in [0.2, 0.25) is 0 Å². The molecule has 0 aliphatic rings. The van der Waals surface area contributed by atoms with Crippen LogP contribution in [0.1, 0.15) is 0 Å². The Morgan fingerprint density at radius 3 is 3.00 bits per heavy atom. The summed E-state index contributed by atoms with van der Waals surface area (Å²) in [5.74, 6) is 0.148. The highest BCUT2D eigenvalue weighted by Gasteiger charge is 1.97. The van der Waals surface area contributed by atoms with Crippen molar-refractivity contribution in [1.82, 2.24) is 9.97 Å². The fourth-order valence-electron chi connectivity index (χ4n) is 0.421. The number of halogens is 1. The van der Waals surface area contributed by atoms with Gasteiger partial charge in [-0.3, -0.25) is 0 Å². The van der Waals surface area contributed by atoms with E-state index >= 15 is 0 Å². The largest absolute Gasteiger partial charge is 0.410 e. The standard InChI is InChI=1S/C5H3ClN2O2/c6-5(9)10-4-1-2-7-3-8-4/h1-3H. The summed E-state index contributed by atoms with van der Waals surface area (Å²) in [5.41, 5.74) is -0.904. The first-order valence-corrected chi connectivity index (χ1v) is 2.80. The van der Waals surface area contributed by atoms with Gasteiger partial charge in [0.2, 0.25) is 5.88 Å². The Morgan fingerprint density at radius 2 is 2.50 bits per heavy atom. The van der Waals surface area contributed by atoms with Crippen LogP contribution >= 0.6 is 11.6 Å². The quantitative estimate of drug-likeness (QED) is 0.577. The molecule has 0 radical (unpaired) electrons. The second kappa shape index (κ2) is 3.12. The molecule has 1 rings (SSSR count). The van der Waals surface area contributed by atoms with Crippen LogP contribution in [-0.4, -0.2) is 15.4 Å². The Bertz CT molecular complexity index is 226. The highest BCUT2D eigenvalue weighted by molar-refractivity contribution is 6.61. The summed E-state index contributed by atoms with van der Waals surface area (Å²) < 4.78 is 4.39. The van der Waals surface area contributed by atoms with Crippen molar-refractivity contribution in [3.05, 3.63) is 18.6 Å². The number of nitrogens with zero attached hydrogens (tertiary/aromatic N) is 2. The number of carbonyl (C=O) groups is 1. The SMILES string of the molecule is O=C(Cl)Oc1ccncn1. The molecule has 5 heteroatoms. The molecule has 0 aliphatic carbocycles. The van der Waals surface area contributed by atoms with Crippen molar-refractivity contribution in [3.63, 3.8) is 0 Å². The lowest BCUT2D eigenvalue weighted by Crippen LogP contribution is -1.97. The van der Waals surface area contributed by atoms with Crippen LogP contribution in [0.3, 0.4) is 0 Å². The molecule has 0 N–H and O–H groups in total. The van der Waals surface area contributed by atoms with E-state index in [0.717, 1.165) is 0 Å². The van der Waals surface area contributed by atoms with E-state index in [0.29, 0.717) is 0 Å². The van der Waals surface area contributed by atoms with Gasteiger partial charge in [0.05, 0.1) is 0 Å². The Morgan fingerprint density at radius 1 is 1.70 bits per heavy atom. The number of rotatable bonds is 1. The summed E-state index contributed by atoms with van der Waals surface area (Å²) in [5, 5.41) is 0. The normalized spacial score (nSPS) is 8.90. The summed E-state index contributed by atoms with van der Waals surface area (Å²) in [6.45, 7) is 0. The molecule has 0 bridgehead atoms. The molecule has 1 heterocycles. The second-order valence-corrected chi connectivity index (χ2v) is 1.70. The van der Waals surface area contributed by atoms with E-state index in [2.05, 4.69) is 14.7 Å². The van der Waals surface area contributed by atoms with Crippen LogP contribution in [0.15, 0.2) is 18.6 Å². The van der Waals surface area contributed by atoms with E-state index in [1.54, 1.807) is 0 Å². The van der Waals surface area contributed by atoms with Crippen LogP contribution in [0, 0.1) is 0 Å². The van der Waals surface area contributed by atoms with Crippen molar-refractivity contribution in [1.29, 1.82) is 0 Å². The van der Waals surface area contributed by atoms with Crippen molar-refractivity contribution >= 4 is 17.0 Å². The summed E-state index contributed by atoms with van der Waals surface area (Å²) >= 11 is 4.89. The molecule has 0 aromatic carbocycles. The molecule has 0 saturated carbocycles. The first-order valence-electron chi connectivity index (χ1n) is 2.42. The van der Waals surface area contributed by atoms with Crippen LogP contribution in [0.5, 0.6) is 5.88 Å². The Kier molecular flexibility index (Phi) is 2.17. The molecule has 1 aromatic heterocycles. The molecule has 0 saturated heterocycles. The van der Waals surface area contributed by atoms with Gasteiger partial charge in [0.15, 0.2) is 0 Å². The molecular weight excluding hydrogens is 156 g/mol. The Labute approximate surface area is 61.8 Å². The summed E-state index contributed by atoms with van der Waals surface area (Å²) in [6, 6.07) is 1.43. The molecule has 52 valence electrons. The average Bonchev–Trinajstić information content (AvgIpc) is 1.88. The molecule has 4 nitrogen and oxygen atoms in total. The fourth-order valence-corrected chi connectivity index (χ4v) is 0.500. The molecule has 0 spiro atoms.